The van der Waals surface area contributed by atoms with Crippen LogP contribution in [0.1, 0.15) is 0 Å². The van der Waals surface area contributed by atoms with Crippen molar-refractivity contribution in [2.45, 2.75) is 0 Å². The van der Waals surface area contributed by atoms with Gasteiger partial charge in [-0.2, -0.15) is 4.98 Å². The molecule has 0 amide bonds. The third-order valence-electron chi connectivity index (χ3n) is 3.28. The Balaban J connectivity index is 1.49. The Labute approximate surface area is 132 Å². The third-order valence-corrected chi connectivity index (χ3v) is 3.28. The number of ether oxygens (including phenoxy) is 1. The van der Waals surface area contributed by atoms with Gasteiger partial charge in [-0.3, -0.25) is 4.98 Å². The number of benzene rings is 2. The van der Waals surface area contributed by atoms with Crippen LogP contribution in [0.5, 0.6) is 11.5 Å². The number of oxazole rings is 1. The second-order valence-electron chi connectivity index (χ2n) is 4.92. The maximum atomic E-state index is 5.72. The molecule has 2 aromatic carbocycles. The van der Waals surface area contributed by atoms with Crippen molar-refractivity contribution >= 4 is 22.8 Å². The summed E-state index contributed by atoms with van der Waals surface area (Å²) < 4.78 is 11.4. The van der Waals surface area contributed by atoms with Crippen molar-refractivity contribution in [2.75, 3.05) is 5.32 Å². The van der Waals surface area contributed by atoms with Gasteiger partial charge in [-0.05, 0) is 48.5 Å². The molecule has 2 heterocycles. The van der Waals surface area contributed by atoms with E-state index in [0.717, 1.165) is 28.3 Å². The summed E-state index contributed by atoms with van der Waals surface area (Å²) in [5.74, 6) is 1.50. The Morgan fingerprint density at radius 3 is 2.35 bits per heavy atom. The Morgan fingerprint density at radius 1 is 0.826 bits per heavy atom. The summed E-state index contributed by atoms with van der Waals surface area (Å²) in [5.41, 5.74) is 2.46. The fourth-order valence-corrected chi connectivity index (χ4v) is 2.20. The van der Waals surface area contributed by atoms with Gasteiger partial charge in [0.15, 0.2) is 5.58 Å². The van der Waals surface area contributed by atoms with Crippen LogP contribution in [0.2, 0.25) is 0 Å². The van der Waals surface area contributed by atoms with Crippen LogP contribution in [-0.4, -0.2) is 9.97 Å². The Hall–Kier alpha value is -3.34. The second kappa shape index (κ2) is 5.81. The Kier molecular flexibility index (Phi) is 3.37. The smallest absolute Gasteiger partial charge is 0.300 e. The molecule has 0 spiro atoms. The fraction of sp³-hybridized carbons (Fsp3) is 0. The average molecular weight is 303 g/mol. The zero-order valence-electron chi connectivity index (χ0n) is 12.1. The predicted molar refractivity (Wildman–Crippen MR) is 88.0 cm³/mol. The van der Waals surface area contributed by atoms with Crippen molar-refractivity contribution in [3.05, 3.63) is 73.1 Å². The van der Waals surface area contributed by atoms with Gasteiger partial charge in [0.1, 0.15) is 17.0 Å². The number of hydrogen-bond donors (Lipinski definition) is 1. The van der Waals surface area contributed by atoms with Gasteiger partial charge in [0, 0.05) is 18.1 Å². The van der Waals surface area contributed by atoms with Gasteiger partial charge in [0.05, 0.1) is 0 Å². The molecule has 5 nitrogen and oxygen atoms in total. The molecule has 0 saturated heterocycles. The van der Waals surface area contributed by atoms with Crippen molar-refractivity contribution in [1.82, 2.24) is 9.97 Å². The Bertz CT molecular complexity index is 885. The lowest BCUT2D eigenvalue weighted by Crippen LogP contribution is -1.90. The molecule has 4 rings (SSSR count). The second-order valence-corrected chi connectivity index (χ2v) is 4.92. The monoisotopic (exact) mass is 303 g/mol. The highest BCUT2D eigenvalue weighted by atomic mass is 16.5. The van der Waals surface area contributed by atoms with E-state index in [1.165, 1.54) is 0 Å². The molecule has 0 aliphatic carbocycles. The fourth-order valence-electron chi connectivity index (χ4n) is 2.20. The van der Waals surface area contributed by atoms with Gasteiger partial charge < -0.3 is 14.5 Å². The molecular weight excluding hydrogens is 290 g/mol. The summed E-state index contributed by atoms with van der Waals surface area (Å²) >= 11 is 0. The molecule has 0 unspecified atom stereocenters. The third kappa shape index (κ3) is 2.98. The van der Waals surface area contributed by atoms with Gasteiger partial charge in [-0.15, -0.1) is 0 Å². The summed E-state index contributed by atoms with van der Waals surface area (Å²) in [5, 5.41) is 3.14. The Morgan fingerprint density at radius 2 is 1.57 bits per heavy atom. The molecule has 4 aromatic rings. The molecule has 0 radical (unpaired) electrons. The van der Waals surface area contributed by atoms with E-state index in [1.807, 2.05) is 60.7 Å². The van der Waals surface area contributed by atoms with E-state index in [0.29, 0.717) is 6.01 Å². The molecule has 0 bridgehead atoms. The molecule has 5 heteroatoms. The minimum atomic E-state index is 0.467. The molecule has 0 aliphatic heterocycles. The molecule has 0 atom stereocenters. The highest BCUT2D eigenvalue weighted by Crippen LogP contribution is 2.25. The van der Waals surface area contributed by atoms with E-state index in [4.69, 9.17) is 9.15 Å². The SMILES string of the molecule is c1ccc2oc(Nc3ccc(Oc4ccncc4)cc3)nc2c1. The predicted octanol–water partition coefficient (Wildman–Crippen LogP) is 4.76. The minimum Gasteiger partial charge on any atom is -0.457 e. The van der Waals surface area contributed by atoms with Crippen LogP contribution < -0.4 is 10.1 Å². The molecule has 1 N–H and O–H groups in total. The van der Waals surface area contributed by atoms with Gasteiger partial charge in [0.25, 0.3) is 6.01 Å². The average Bonchev–Trinajstić information content (AvgIpc) is 3.00. The number of rotatable bonds is 4. The first-order valence-electron chi connectivity index (χ1n) is 7.17. The van der Waals surface area contributed by atoms with Crippen LogP contribution >= 0.6 is 0 Å². The van der Waals surface area contributed by atoms with Crippen molar-refractivity contribution < 1.29 is 9.15 Å². The normalized spacial score (nSPS) is 10.6. The van der Waals surface area contributed by atoms with Crippen molar-refractivity contribution in [3.8, 4) is 11.5 Å². The summed E-state index contributed by atoms with van der Waals surface area (Å²) in [6, 6.07) is 19.3. The van der Waals surface area contributed by atoms with E-state index >= 15 is 0 Å². The van der Waals surface area contributed by atoms with E-state index in [2.05, 4.69) is 15.3 Å². The summed E-state index contributed by atoms with van der Waals surface area (Å²) in [6.45, 7) is 0. The maximum absolute atomic E-state index is 5.72. The lowest BCUT2D eigenvalue weighted by Gasteiger charge is -2.06. The minimum absolute atomic E-state index is 0.467. The number of para-hydroxylation sites is 2. The molecule has 23 heavy (non-hydrogen) atoms. The van der Waals surface area contributed by atoms with E-state index in [9.17, 15) is 0 Å². The van der Waals surface area contributed by atoms with E-state index in [1.54, 1.807) is 12.4 Å². The van der Waals surface area contributed by atoms with Crippen LogP contribution in [0.25, 0.3) is 11.1 Å². The first-order chi connectivity index (χ1) is 11.4. The number of nitrogens with zero attached hydrogens (tertiary/aromatic N) is 2. The highest BCUT2D eigenvalue weighted by molar-refractivity contribution is 5.75. The van der Waals surface area contributed by atoms with Crippen LogP contribution in [-0.2, 0) is 0 Å². The van der Waals surface area contributed by atoms with Gasteiger partial charge in [-0.25, -0.2) is 0 Å². The van der Waals surface area contributed by atoms with E-state index < -0.39 is 0 Å². The topological polar surface area (TPSA) is 60.2 Å². The van der Waals surface area contributed by atoms with Crippen molar-refractivity contribution in [3.63, 3.8) is 0 Å². The number of fused-ring (bicyclic) bond motifs is 1. The first-order valence-corrected chi connectivity index (χ1v) is 7.17. The zero-order valence-corrected chi connectivity index (χ0v) is 12.1. The molecule has 0 aliphatic rings. The molecule has 112 valence electrons. The highest BCUT2D eigenvalue weighted by Gasteiger charge is 2.05. The number of hydrogen-bond acceptors (Lipinski definition) is 5. The van der Waals surface area contributed by atoms with Crippen LogP contribution in [0, 0.1) is 0 Å². The number of pyridine rings is 1. The summed E-state index contributed by atoms with van der Waals surface area (Å²) in [4.78, 5) is 8.34. The van der Waals surface area contributed by atoms with Gasteiger partial charge >= 0.3 is 0 Å². The number of nitrogens with one attached hydrogen (secondary N) is 1. The maximum Gasteiger partial charge on any atom is 0.300 e. The standard InChI is InChI=1S/C18H13N3O2/c1-2-4-17-16(3-1)21-18(23-17)20-13-5-7-14(8-6-13)22-15-9-11-19-12-10-15/h1-12H,(H,20,21). The molecule has 0 fully saturated rings. The lowest BCUT2D eigenvalue weighted by molar-refractivity contribution is 0.482. The molecule has 2 aromatic heterocycles. The van der Waals surface area contributed by atoms with Crippen molar-refractivity contribution in [1.29, 1.82) is 0 Å². The summed E-state index contributed by atoms with van der Waals surface area (Å²) in [7, 11) is 0. The largest absolute Gasteiger partial charge is 0.457 e. The van der Waals surface area contributed by atoms with Gasteiger partial charge in [0.2, 0.25) is 0 Å². The molecule has 0 saturated carbocycles. The van der Waals surface area contributed by atoms with Crippen LogP contribution in [0.4, 0.5) is 11.7 Å². The first kappa shape index (κ1) is 13.3. The van der Waals surface area contributed by atoms with Crippen LogP contribution in [0.15, 0.2) is 77.5 Å². The molecular formula is C18H13N3O2. The van der Waals surface area contributed by atoms with Crippen molar-refractivity contribution in [2.24, 2.45) is 0 Å². The van der Waals surface area contributed by atoms with Gasteiger partial charge in [-0.1, -0.05) is 12.1 Å². The quantitative estimate of drug-likeness (QED) is 0.589. The lowest BCUT2D eigenvalue weighted by atomic mass is 10.3. The zero-order chi connectivity index (χ0) is 15.5. The number of aromatic nitrogens is 2. The summed E-state index contributed by atoms with van der Waals surface area (Å²) in [6.07, 6.45) is 3.39. The van der Waals surface area contributed by atoms with Crippen LogP contribution in [0.3, 0.4) is 0 Å². The number of anilines is 2. The van der Waals surface area contributed by atoms with E-state index in [-0.39, 0.29) is 0 Å².